The fourth-order valence-electron chi connectivity index (χ4n) is 1.21. The lowest BCUT2D eigenvalue weighted by molar-refractivity contribution is 0.0803. The van der Waals surface area contributed by atoms with Crippen LogP contribution in [0.1, 0.15) is 39.5 Å². The summed E-state index contributed by atoms with van der Waals surface area (Å²) in [6.45, 7) is 4.19. The van der Waals surface area contributed by atoms with Crippen LogP contribution in [0, 0.1) is 0 Å². The summed E-state index contributed by atoms with van der Waals surface area (Å²) < 4.78 is 2.20. The molecule has 0 saturated heterocycles. The number of rotatable bonds is 7. The summed E-state index contributed by atoms with van der Waals surface area (Å²) >= 11 is 4.42. The monoisotopic (exact) mass is 450 g/mol. The first-order chi connectivity index (χ1) is 7.51. The maximum absolute atomic E-state index is 9.75. The zero-order valence-electron chi connectivity index (χ0n) is 9.79. The largest absolute Gasteiger partial charge is 0.386 e. The zero-order chi connectivity index (χ0) is 12.6. The molecule has 0 aromatic rings. The fourth-order valence-corrected chi connectivity index (χ4v) is 3.03. The van der Waals surface area contributed by atoms with Crippen LogP contribution in [0.25, 0.3) is 0 Å². The molecule has 0 fully saturated rings. The van der Waals surface area contributed by atoms with Gasteiger partial charge in [0.1, 0.15) is 12.2 Å². The summed E-state index contributed by atoms with van der Waals surface area (Å²) in [4.78, 5) is 0. The van der Waals surface area contributed by atoms with Crippen LogP contribution in [0.5, 0.6) is 0 Å². The number of halogens is 2. The number of hydrogen-bond donors (Lipinski definition) is 2. The van der Waals surface area contributed by atoms with E-state index in [9.17, 15) is 10.2 Å². The Morgan fingerprint density at radius 2 is 1.25 bits per heavy atom. The lowest BCUT2D eigenvalue weighted by atomic mass is 10.1. The lowest BCUT2D eigenvalue weighted by Crippen LogP contribution is -2.21. The van der Waals surface area contributed by atoms with Crippen molar-refractivity contribution in [2.45, 2.75) is 51.7 Å². The van der Waals surface area contributed by atoms with Gasteiger partial charge in [0.25, 0.3) is 0 Å². The van der Waals surface area contributed by atoms with Crippen molar-refractivity contribution in [3.63, 3.8) is 0 Å². The molecule has 2 nitrogen and oxygen atoms in total. The molecule has 0 heterocycles. The van der Waals surface area contributed by atoms with Crippen molar-refractivity contribution in [3.8, 4) is 0 Å². The molecule has 0 aliphatic heterocycles. The van der Waals surface area contributed by atoms with Gasteiger partial charge in [0, 0.05) is 0 Å². The van der Waals surface area contributed by atoms with Crippen LogP contribution in [-0.4, -0.2) is 22.4 Å². The van der Waals surface area contributed by atoms with Gasteiger partial charge in [0.15, 0.2) is 0 Å². The smallest absolute Gasteiger partial charge is 0.103 e. The topological polar surface area (TPSA) is 40.5 Å². The Morgan fingerprint density at radius 1 is 0.938 bits per heavy atom. The number of aliphatic hydroxyl groups is 2. The molecule has 0 aromatic carbocycles. The molecular weight excluding hydrogens is 430 g/mol. The van der Waals surface area contributed by atoms with Gasteiger partial charge in [0.2, 0.25) is 0 Å². The van der Waals surface area contributed by atoms with Crippen LogP contribution in [0.4, 0.5) is 0 Å². The average Bonchev–Trinajstić information content (AvgIpc) is 2.17. The van der Waals surface area contributed by atoms with Gasteiger partial charge < -0.3 is 10.2 Å². The third-order valence-electron chi connectivity index (χ3n) is 2.03. The number of allylic oxidation sites excluding steroid dienone is 2. The molecule has 0 unspecified atom stereocenters. The maximum Gasteiger partial charge on any atom is 0.103 e. The van der Waals surface area contributed by atoms with Crippen molar-refractivity contribution in [1.29, 1.82) is 0 Å². The summed E-state index contributed by atoms with van der Waals surface area (Å²) in [5, 5.41) is 19.5. The second-order valence-corrected chi connectivity index (χ2v) is 6.48. The zero-order valence-corrected chi connectivity index (χ0v) is 14.1. The molecular formula is C12H20I2O2. The maximum atomic E-state index is 9.75. The first kappa shape index (κ1) is 16.9. The molecule has 0 aliphatic rings. The van der Waals surface area contributed by atoms with E-state index in [1.807, 2.05) is 0 Å². The minimum atomic E-state index is -0.792. The molecule has 0 rings (SSSR count). The molecule has 0 spiro atoms. The van der Waals surface area contributed by atoms with Crippen molar-refractivity contribution in [3.05, 3.63) is 19.3 Å². The van der Waals surface area contributed by atoms with Gasteiger partial charge >= 0.3 is 0 Å². The average molecular weight is 450 g/mol. The third-order valence-corrected chi connectivity index (χ3v) is 3.83. The Bertz CT molecular complexity index is 223. The van der Waals surface area contributed by atoms with Crippen LogP contribution in [0.2, 0.25) is 0 Å². The van der Waals surface area contributed by atoms with Gasteiger partial charge in [-0.2, -0.15) is 0 Å². The summed E-state index contributed by atoms with van der Waals surface area (Å²) in [6, 6.07) is 0. The van der Waals surface area contributed by atoms with Crippen molar-refractivity contribution in [2.24, 2.45) is 0 Å². The molecule has 0 saturated carbocycles. The molecule has 4 heteroatoms. The Hall–Kier alpha value is 0.860. The second kappa shape index (κ2) is 9.85. The van der Waals surface area contributed by atoms with E-state index < -0.39 is 12.2 Å². The van der Waals surface area contributed by atoms with Crippen molar-refractivity contribution < 1.29 is 10.2 Å². The molecule has 2 N–H and O–H groups in total. The molecule has 0 radical (unpaired) electrons. The van der Waals surface area contributed by atoms with Gasteiger partial charge in [-0.15, -0.1) is 0 Å². The molecule has 16 heavy (non-hydrogen) atoms. The first-order valence-corrected chi connectivity index (χ1v) is 7.75. The summed E-state index contributed by atoms with van der Waals surface area (Å²) in [5.41, 5.74) is 0. The van der Waals surface area contributed by atoms with Crippen molar-refractivity contribution in [1.82, 2.24) is 0 Å². The van der Waals surface area contributed by atoms with Crippen LogP contribution in [0.15, 0.2) is 19.3 Å². The van der Waals surface area contributed by atoms with Gasteiger partial charge in [-0.05, 0) is 77.3 Å². The van der Waals surface area contributed by atoms with E-state index in [2.05, 4.69) is 59.0 Å². The Balaban J connectivity index is 4.32. The van der Waals surface area contributed by atoms with Crippen molar-refractivity contribution >= 4 is 45.2 Å². The van der Waals surface area contributed by atoms with Crippen LogP contribution in [0.3, 0.4) is 0 Å². The van der Waals surface area contributed by atoms with E-state index in [0.717, 1.165) is 32.8 Å². The van der Waals surface area contributed by atoms with E-state index in [4.69, 9.17) is 0 Å². The van der Waals surface area contributed by atoms with Crippen LogP contribution < -0.4 is 0 Å². The number of aliphatic hydroxyl groups excluding tert-OH is 2. The molecule has 0 aromatic heterocycles. The highest BCUT2D eigenvalue weighted by Gasteiger charge is 2.12. The standard InChI is InChI=1S/C12H20I2O2/c1-3-5-9(13)7-11(15)12(16)8-10(14)6-4-2/h7-8,11-12,15-16H,3-6H2,1-2H3/b9-7-,10-8-/t11-,12-/m0/s1. The van der Waals surface area contributed by atoms with Gasteiger partial charge in [-0.3, -0.25) is 0 Å². The lowest BCUT2D eigenvalue weighted by Gasteiger charge is -2.12. The minimum absolute atomic E-state index is 0.792. The SMILES string of the molecule is CCC/C(I)=C/[C@H](O)[C@@H](O)/C=C(\I)CCC. The van der Waals surface area contributed by atoms with Gasteiger partial charge in [-0.1, -0.05) is 26.7 Å². The normalized spacial score (nSPS) is 17.4. The highest BCUT2D eigenvalue weighted by atomic mass is 127. The van der Waals surface area contributed by atoms with Gasteiger partial charge in [-0.25, -0.2) is 0 Å². The van der Waals surface area contributed by atoms with E-state index in [1.165, 1.54) is 0 Å². The van der Waals surface area contributed by atoms with E-state index in [0.29, 0.717) is 0 Å². The van der Waals surface area contributed by atoms with Crippen LogP contribution >= 0.6 is 45.2 Å². The summed E-state index contributed by atoms with van der Waals surface area (Å²) in [5.74, 6) is 0. The molecule has 0 bridgehead atoms. The van der Waals surface area contributed by atoms with Crippen molar-refractivity contribution in [2.75, 3.05) is 0 Å². The third kappa shape index (κ3) is 8.03. The minimum Gasteiger partial charge on any atom is -0.386 e. The first-order valence-electron chi connectivity index (χ1n) is 5.59. The number of hydrogen-bond acceptors (Lipinski definition) is 2. The van der Waals surface area contributed by atoms with E-state index in [1.54, 1.807) is 12.2 Å². The molecule has 0 amide bonds. The quantitative estimate of drug-likeness (QED) is 0.578. The Morgan fingerprint density at radius 3 is 1.50 bits per heavy atom. The Labute approximate surface area is 125 Å². The molecule has 2 atom stereocenters. The predicted octanol–water partition coefficient (Wildman–Crippen LogP) is 3.95. The predicted molar refractivity (Wildman–Crippen MR) is 86.0 cm³/mol. The molecule has 0 aliphatic carbocycles. The highest BCUT2D eigenvalue weighted by Crippen LogP contribution is 2.18. The summed E-state index contributed by atoms with van der Waals surface area (Å²) in [7, 11) is 0. The van der Waals surface area contributed by atoms with Crippen LogP contribution in [-0.2, 0) is 0 Å². The highest BCUT2D eigenvalue weighted by molar-refractivity contribution is 14.1. The van der Waals surface area contributed by atoms with E-state index in [-0.39, 0.29) is 0 Å². The Kier molecular flexibility index (Phi) is 10.4. The summed E-state index contributed by atoms with van der Waals surface area (Å²) in [6.07, 6.45) is 5.92. The molecule has 94 valence electrons. The van der Waals surface area contributed by atoms with E-state index >= 15 is 0 Å². The fraction of sp³-hybridized carbons (Fsp3) is 0.667. The van der Waals surface area contributed by atoms with Gasteiger partial charge in [0.05, 0.1) is 0 Å². The second-order valence-electron chi connectivity index (χ2n) is 3.71.